The van der Waals surface area contributed by atoms with Crippen LogP contribution >= 0.6 is 0 Å². The van der Waals surface area contributed by atoms with Crippen molar-refractivity contribution < 1.29 is 0 Å². The summed E-state index contributed by atoms with van der Waals surface area (Å²) in [6, 6.07) is 35.9. The van der Waals surface area contributed by atoms with Crippen LogP contribution in [0.25, 0.3) is 60.9 Å². The first-order chi connectivity index (χ1) is 17.4. The number of aromatic nitrogens is 4. The second-order valence-corrected chi connectivity index (χ2v) is 8.59. The van der Waals surface area contributed by atoms with Crippen molar-refractivity contribution in [2.45, 2.75) is 0 Å². The van der Waals surface area contributed by atoms with E-state index < -0.39 is 0 Å². The standard InChI is InChI=1S/C31H20N4/c1-2-10-25-21(8-1)9-5-11-26(25)22-18-23(27-12-3-4-15-32-27)20-24(19-22)35-28-13-6-16-33-30(28)31-29(35)14-7-17-34-31/h1-20H. The molecule has 164 valence electrons. The lowest BCUT2D eigenvalue weighted by Crippen LogP contribution is -1.97. The molecule has 35 heavy (non-hydrogen) atoms. The third kappa shape index (κ3) is 3.19. The second kappa shape index (κ2) is 7.89. The summed E-state index contributed by atoms with van der Waals surface area (Å²) in [4.78, 5) is 14.0. The fraction of sp³-hybridized carbons (Fsp3) is 0. The normalized spacial score (nSPS) is 11.4. The van der Waals surface area contributed by atoms with Crippen LogP contribution in [-0.2, 0) is 0 Å². The molecule has 4 aromatic heterocycles. The molecule has 4 nitrogen and oxygen atoms in total. The Morgan fingerprint density at radius 2 is 1.20 bits per heavy atom. The van der Waals surface area contributed by atoms with E-state index in [0.717, 1.165) is 44.6 Å². The minimum absolute atomic E-state index is 0.901. The van der Waals surface area contributed by atoms with E-state index in [2.05, 4.69) is 98.4 Å². The molecule has 0 aliphatic heterocycles. The van der Waals surface area contributed by atoms with E-state index in [0.29, 0.717) is 0 Å². The average molecular weight is 449 g/mol. The topological polar surface area (TPSA) is 43.6 Å². The van der Waals surface area contributed by atoms with Crippen LogP contribution in [0.1, 0.15) is 0 Å². The second-order valence-electron chi connectivity index (χ2n) is 8.59. The van der Waals surface area contributed by atoms with Gasteiger partial charge in [-0.05, 0) is 76.5 Å². The highest BCUT2D eigenvalue weighted by Crippen LogP contribution is 2.36. The van der Waals surface area contributed by atoms with Crippen LogP contribution < -0.4 is 0 Å². The first kappa shape index (κ1) is 19.6. The molecule has 0 unspecified atom stereocenters. The summed E-state index contributed by atoms with van der Waals surface area (Å²) < 4.78 is 2.26. The molecule has 4 heterocycles. The molecule has 0 spiro atoms. The minimum Gasteiger partial charge on any atom is -0.306 e. The van der Waals surface area contributed by atoms with E-state index in [9.17, 15) is 0 Å². The Balaban J connectivity index is 1.58. The van der Waals surface area contributed by atoms with Gasteiger partial charge < -0.3 is 4.57 Å². The summed E-state index contributed by atoms with van der Waals surface area (Å²) in [5, 5.41) is 2.45. The van der Waals surface area contributed by atoms with Crippen molar-refractivity contribution in [1.82, 2.24) is 19.5 Å². The third-order valence-electron chi connectivity index (χ3n) is 6.52. The fourth-order valence-electron chi connectivity index (χ4n) is 4.98. The molecule has 7 aromatic rings. The lowest BCUT2D eigenvalue weighted by atomic mass is 9.95. The van der Waals surface area contributed by atoms with Gasteiger partial charge in [-0.2, -0.15) is 0 Å². The van der Waals surface area contributed by atoms with Crippen LogP contribution in [-0.4, -0.2) is 19.5 Å². The maximum Gasteiger partial charge on any atom is 0.115 e. The van der Waals surface area contributed by atoms with Crippen molar-refractivity contribution in [2.24, 2.45) is 0 Å². The number of nitrogens with zero attached hydrogens (tertiary/aromatic N) is 4. The smallest absolute Gasteiger partial charge is 0.115 e. The van der Waals surface area contributed by atoms with Crippen molar-refractivity contribution in [1.29, 1.82) is 0 Å². The Labute approximate surface area is 202 Å². The highest BCUT2D eigenvalue weighted by atomic mass is 15.0. The van der Waals surface area contributed by atoms with Gasteiger partial charge >= 0.3 is 0 Å². The summed E-state index contributed by atoms with van der Waals surface area (Å²) in [5.41, 5.74) is 9.25. The molecule has 0 N–H and O–H groups in total. The molecule has 0 saturated heterocycles. The van der Waals surface area contributed by atoms with Crippen molar-refractivity contribution in [3.05, 3.63) is 122 Å². The van der Waals surface area contributed by atoms with Crippen LogP contribution in [0.3, 0.4) is 0 Å². The number of hydrogen-bond donors (Lipinski definition) is 0. The molecule has 7 rings (SSSR count). The predicted molar refractivity (Wildman–Crippen MR) is 143 cm³/mol. The van der Waals surface area contributed by atoms with E-state index in [1.54, 1.807) is 0 Å². The molecule has 4 heteroatoms. The Hall–Kier alpha value is -4.83. The van der Waals surface area contributed by atoms with Gasteiger partial charge in [-0.1, -0.05) is 48.5 Å². The maximum atomic E-state index is 4.66. The van der Waals surface area contributed by atoms with E-state index in [1.165, 1.54) is 16.3 Å². The van der Waals surface area contributed by atoms with Gasteiger partial charge in [0.25, 0.3) is 0 Å². The molecule has 0 aliphatic rings. The maximum absolute atomic E-state index is 4.66. The van der Waals surface area contributed by atoms with E-state index in [4.69, 9.17) is 0 Å². The molecule has 0 radical (unpaired) electrons. The van der Waals surface area contributed by atoms with E-state index in [1.807, 2.05) is 42.9 Å². The molecule has 0 fully saturated rings. The summed E-state index contributed by atoms with van der Waals surface area (Å²) in [6.45, 7) is 0. The predicted octanol–water partition coefficient (Wildman–Crippen LogP) is 7.46. The number of hydrogen-bond acceptors (Lipinski definition) is 3. The van der Waals surface area contributed by atoms with E-state index in [-0.39, 0.29) is 0 Å². The van der Waals surface area contributed by atoms with Crippen LogP contribution in [0, 0.1) is 0 Å². The summed E-state index contributed by atoms with van der Waals surface area (Å²) in [5.74, 6) is 0. The zero-order chi connectivity index (χ0) is 23.2. The van der Waals surface area contributed by atoms with Gasteiger partial charge in [0.15, 0.2) is 0 Å². The highest BCUT2D eigenvalue weighted by molar-refractivity contribution is 6.05. The first-order valence-electron chi connectivity index (χ1n) is 11.6. The van der Waals surface area contributed by atoms with Crippen LogP contribution in [0.5, 0.6) is 0 Å². The van der Waals surface area contributed by atoms with Crippen molar-refractivity contribution in [2.75, 3.05) is 0 Å². The van der Waals surface area contributed by atoms with Gasteiger partial charge in [0.1, 0.15) is 11.0 Å². The summed E-state index contributed by atoms with van der Waals surface area (Å²) >= 11 is 0. The van der Waals surface area contributed by atoms with Crippen LogP contribution in [0.2, 0.25) is 0 Å². The summed E-state index contributed by atoms with van der Waals surface area (Å²) in [7, 11) is 0. The largest absolute Gasteiger partial charge is 0.306 e. The van der Waals surface area contributed by atoms with Gasteiger partial charge in [-0.3, -0.25) is 15.0 Å². The molecular weight excluding hydrogens is 428 g/mol. The van der Waals surface area contributed by atoms with Gasteiger partial charge in [0.2, 0.25) is 0 Å². The molecule has 0 bridgehead atoms. The molecular formula is C31H20N4. The van der Waals surface area contributed by atoms with Gasteiger partial charge in [-0.15, -0.1) is 0 Å². The third-order valence-corrected chi connectivity index (χ3v) is 6.52. The molecule has 0 aliphatic carbocycles. The Kier molecular flexibility index (Phi) is 4.42. The molecule has 3 aromatic carbocycles. The highest BCUT2D eigenvalue weighted by Gasteiger charge is 2.16. The lowest BCUT2D eigenvalue weighted by Gasteiger charge is -2.14. The quantitative estimate of drug-likeness (QED) is 0.282. The zero-order valence-electron chi connectivity index (χ0n) is 18.8. The number of benzene rings is 3. The van der Waals surface area contributed by atoms with Crippen LogP contribution in [0.4, 0.5) is 0 Å². The van der Waals surface area contributed by atoms with Crippen molar-refractivity contribution in [3.8, 4) is 28.1 Å². The Morgan fingerprint density at radius 3 is 1.97 bits per heavy atom. The van der Waals surface area contributed by atoms with Gasteiger partial charge in [-0.25, -0.2) is 0 Å². The van der Waals surface area contributed by atoms with Gasteiger partial charge in [0.05, 0.1) is 16.7 Å². The number of fused-ring (bicyclic) bond motifs is 4. The first-order valence-corrected chi connectivity index (χ1v) is 11.6. The fourth-order valence-corrected chi connectivity index (χ4v) is 4.98. The SMILES string of the molecule is c1ccc(-c2cc(-c3cccc4ccccc34)cc(-n3c4cccnc4c4ncccc43)c2)nc1. The lowest BCUT2D eigenvalue weighted by molar-refractivity contribution is 1.17. The summed E-state index contributed by atoms with van der Waals surface area (Å²) in [6.07, 6.45) is 5.49. The van der Waals surface area contributed by atoms with E-state index >= 15 is 0 Å². The molecule has 0 amide bonds. The molecule has 0 saturated carbocycles. The zero-order valence-corrected chi connectivity index (χ0v) is 18.8. The van der Waals surface area contributed by atoms with Gasteiger partial charge in [0, 0.05) is 29.8 Å². The number of pyridine rings is 3. The number of rotatable bonds is 3. The minimum atomic E-state index is 0.901. The Bertz CT molecular complexity index is 1790. The average Bonchev–Trinajstić information content (AvgIpc) is 3.27. The monoisotopic (exact) mass is 448 g/mol. The van der Waals surface area contributed by atoms with Crippen LogP contribution in [0.15, 0.2) is 122 Å². The molecule has 0 atom stereocenters. The van der Waals surface area contributed by atoms with Crippen molar-refractivity contribution >= 4 is 32.8 Å². The van der Waals surface area contributed by atoms with Crippen molar-refractivity contribution in [3.63, 3.8) is 0 Å². The Morgan fingerprint density at radius 1 is 0.514 bits per heavy atom.